The number of nitrogens with zero attached hydrogens (tertiary/aromatic N) is 2. The average Bonchev–Trinajstić information content (AvgIpc) is 3.09. The summed E-state index contributed by atoms with van der Waals surface area (Å²) >= 11 is 7.87. The molecule has 148 valence electrons. The molecule has 0 aliphatic carbocycles. The van der Waals surface area contributed by atoms with E-state index in [-0.39, 0.29) is 15.0 Å². The minimum Gasteiger partial charge on any atom is -0.253 e. The van der Waals surface area contributed by atoms with Crippen LogP contribution < -0.4 is 4.72 Å². The first-order chi connectivity index (χ1) is 13.1. The fraction of sp³-hybridized carbons (Fsp3) is 0.0667. The lowest BCUT2D eigenvalue weighted by Crippen LogP contribution is -2.14. The summed E-state index contributed by atoms with van der Waals surface area (Å²) in [6.45, 7) is 0. The van der Waals surface area contributed by atoms with Crippen LogP contribution in [0.2, 0.25) is 5.02 Å². The maximum absolute atomic E-state index is 14.4. The van der Waals surface area contributed by atoms with Crippen LogP contribution in [0.4, 0.5) is 22.7 Å². The van der Waals surface area contributed by atoms with Crippen LogP contribution >= 0.6 is 34.7 Å². The number of alkyl halides is 3. The minimum atomic E-state index is -4.47. The number of anilines is 1. The van der Waals surface area contributed by atoms with Crippen molar-refractivity contribution in [3.8, 4) is 0 Å². The fourth-order valence-corrected chi connectivity index (χ4v) is 4.99. The molecule has 3 rings (SSSR count). The summed E-state index contributed by atoms with van der Waals surface area (Å²) in [4.78, 5) is -0.171. The summed E-state index contributed by atoms with van der Waals surface area (Å²) in [5, 5.41) is 6.86. The van der Waals surface area contributed by atoms with Crippen LogP contribution in [0.5, 0.6) is 0 Å². The molecule has 0 spiro atoms. The maximum atomic E-state index is 14.4. The Morgan fingerprint density at radius 1 is 1.14 bits per heavy atom. The molecule has 13 heteroatoms. The molecular formula is C15H8ClF4N3O2S3. The van der Waals surface area contributed by atoms with Crippen LogP contribution in [0.15, 0.2) is 56.6 Å². The second kappa shape index (κ2) is 7.85. The zero-order valence-electron chi connectivity index (χ0n) is 13.4. The molecule has 0 atom stereocenters. The van der Waals surface area contributed by atoms with Crippen molar-refractivity contribution in [2.24, 2.45) is 0 Å². The van der Waals surface area contributed by atoms with Gasteiger partial charge in [0.25, 0.3) is 10.0 Å². The SMILES string of the molecule is O=S(=O)(Nc1nncs1)c1cc(Cl)c(Sc2ccc(C(F)(F)F)cc2)cc1F. The zero-order chi connectivity index (χ0) is 20.5. The number of rotatable bonds is 5. The van der Waals surface area contributed by atoms with E-state index in [0.717, 1.165) is 47.4 Å². The van der Waals surface area contributed by atoms with Gasteiger partial charge in [0, 0.05) is 9.79 Å². The summed E-state index contributed by atoms with van der Waals surface area (Å²) < 4.78 is 78.9. The first-order valence-electron chi connectivity index (χ1n) is 7.19. The number of aromatic nitrogens is 2. The maximum Gasteiger partial charge on any atom is 0.416 e. The van der Waals surface area contributed by atoms with E-state index in [0.29, 0.717) is 4.90 Å². The molecule has 0 saturated carbocycles. The molecule has 3 aromatic rings. The first-order valence-corrected chi connectivity index (χ1v) is 10.7. The summed E-state index contributed by atoms with van der Waals surface area (Å²) in [5.41, 5.74) is 0.476. The Morgan fingerprint density at radius 2 is 1.82 bits per heavy atom. The summed E-state index contributed by atoms with van der Waals surface area (Å²) in [6, 6.07) is 6.02. The summed E-state index contributed by atoms with van der Waals surface area (Å²) in [6.07, 6.45) is -4.47. The molecule has 0 amide bonds. The van der Waals surface area contributed by atoms with Crippen LogP contribution in [0, 0.1) is 5.82 Å². The molecular weight excluding hydrogens is 462 g/mol. The van der Waals surface area contributed by atoms with Crippen LogP contribution in [0.25, 0.3) is 0 Å². The van der Waals surface area contributed by atoms with Crippen LogP contribution in [-0.2, 0) is 16.2 Å². The monoisotopic (exact) mass is 469 g/mol. The molecule has 1 N–H and O–H groups in total. The van der Waals surface area contributed by atoms with Gasteiger partial charge in [0.05, 0.1) is 10.6 Å². The van der Waals surface area contributed by atoms with Crippen molar-refractivity contribution in [2.45, 2.75) is 20.9 Å². The van der Waals surface area contributed by atoms with Crippen LogP contribution in [-0.4, -0.2) is 18.6 Å². The number of hydrogen-bond acceptors (Lipinski definition) is 6. The van der Waals surface area contributed by atoms with E-state index in [2.05, 4.69) is 14.9 Å². The molecule has 0 unspecified atom stereocenters. The van der Waals surface area contributed by atoms with Crippen LogP contribution in [0.3, 0.4) is 0 Å². The highest BCUT2D eigenvalue weighted by molar-refractivity contribution is 7.99. The molecule has 28 heavy (non-hydrogen) atoms. The third kappa shape index (κ3) is 4.74. The van der Waals surface area contributed by atoms with Gasteiger partial charge in [-0.05, 0) is 36.4 Å². The number of benzene rings is 2. The number of hydrogen-bond donors (Lipinski definition) is 1. The normalized spacial score (nSPS) is 12.2. The quantitative estimate of drug-likeness (QED) is 0.513. The molecule has 0 bridgehead atoms. The van der Waals surface area contributed by atoms with Gasteiger partial charge in [0.1, 0.15) is 16.2 Å². The van der Waals surface area contributed by atoms with Gasteiger partial charge in [-0.25, -0.2) is 12.8 Å². The molecule has 5 nitrogen and oxygen atoms in total. The van der Waals surface area contributed by atoms with E-state index in [1.54, 1.807) is 0 Å². The third-order valence-corrected chi connectivity index (χ3v) is 6.85. The Kier molecular flexibility index (Phi) is 5.84. The van der Waals surface area contributed by atoms with Gasteiger partial charge in [-0.15, -0.1) is 10.2 Å². The Hall–Kier alpha value is -1.89. The van der Waals surface area contributed by atoms with Gasteiger partial charge in [-0.1, -0.05) is 34.7 Å². The first kappa shape index (κ1) is 20.8. The van der Waals surface area contributed by atoms with Gasteiger partial charge in [-0.3, -0.25) is 4.72 Å². The standard InChI is InChI=1S/C15H8ClF4N3O2S3/c16-10-5-13(28(24,25)23-14-22-21-7-26-14)11(17)6-12(10)27-9-3-1-8(2-4-9)15(18,19)20/h1-7H,(H,22,23). The molecule has 0 aliphatic rings. The lowest BCUT2D eigenvalue weighted by molar-refractivity contribution is -0.137. The average molecular weight is 470 g/mol. The number of sulfonamides is 1. The molecule has 1 aromatic heterocycles. The van der Waals surface area contributed by atoms with E-state index >= 15 is 0 Å². The van der Waals surface area contributed by atoms with Crippen molar-refractivity contribution in [2.75, 3.05) is 4.72 Å². The topological polar surface area (TPSA) is 72.0 Å². The number of nitrogens with one attached hydrogen (secondary N) is 1. The molecule has 0 fully saturated rings. The Balaban J connectivity index is 1.86. The smallest absolute Gasteiger partial charge is 0.253 e. The molecule has 0 saturated heterocycles. The predicted molar refractivity (Wildman–Crippen MR) is 97.7 cm³/mol. The zero-order valence-corrected chi connectivity index (χ0v) is 16.6. The molecule has 2 aromatic carbocycles. The van der Waals surface area contributed by atoms with Crippen LogP contribution in [0.1, 0.15) is 5.56 Å². The van der Waals surface area contributed by atoms with Gasteiger partial charge >= 0.3 is 6.18 Å². The molecule has 0 aliphatic heterocycles. The Bertz CT molecular complexity index is 1090. The lowest BCUT2D eigenvalue weighted by Gasteiger charge is -2.11. The van der Waals surface area contributed by atoms with Crippen molar-refractivity contribution in [1.82, 2.24) is 10.2 Å². The highest BCUT2D eigenvalue weighted by Crippen LogP contribution is 2.37. The lowest BCUT2D eigenvalue weighted by atomic mass is 10.2. The van der Waals surface area contributed by atoms with Crippen molar-refractivity contribution >= 4 is 49.9 Å². The summed E-state index contributed by atoms with van der Waals surface area (Å²) in [5.74, 6) is -1.07. The van der Waals surface area contributed by atoms with Crippen molar-refractivity contribution in [3.63, 3.8) is 0 Å². The van der Waals surface area contributed by atoms with Gasteiger partial charge in [0.15, 0.2) is 0 Å². The van der Waals surface area contributed by atoms with E-state index in [4.69, 9.17) is 11.6 Å². The van der Waals surface area contributed by atoms with Gasteiger partial charge in [0.2, 0.25) is 5.13 Å². The highest BCUT2D eigenvalue weighted by atomic mass is 35.5. The summed E-state index contributed by atoms with van der Waals surface area (Å²) in [7, 11) is -4.28. The Morgan fingerprint density at radius 3 is 2.39 bits per heavy atom. The van der Waals surface area contributed by atoms with Gasteiger partial charge in [-0.2, -0.15) is 13.2 Å². The van der Waals surface area contributed by atoms with E-state index in [9.17, 15) is 26.0 Å². The van der Waals surface area contributed by atoms with Crippen molar-refractivity contribution < 1.29 is 26.0 Å². The minimum absolute atomic E-state index is 0.0428. The largest absolute Gasteiger partial charge is 0.416 e. The molecule has 1 heterocycles. The predicted octanol–water partition coefficient (Wildman–Crippen LogP) is 5.30. The number of halogens is 5. The fourth-order valence-electron chi connectivity index (χ4n) is 2.02. The van der Waals surface area contributed by atoms with E-state index in [1.165, 1.54) is 17.6 Å². The second-order valence-corrected chi connectivity index (χ2v) is 9.19. The van der Waals surface area contributed by atoms with E-state index in [1.807, 2.05) is 0 Å². The van der Waals surface area contributed by atoms with E-state index < -0.39 is 32.5 Å². The van der Waals surface area contributed by atoms with Crippen molar-refractivity contribution in [3.05, 3.63) is 58.3 Å². The van der Waals surface area contributed by atoms with Crippen molar-refractivity contribution in [1.29, 1.82) is 0 Å². The Labute approximate surface area is 169 Å². The molecule has 0 radical (unpaired) electrons. The van der Waals surface area contributed by atoms with Gasteiger partial charge < -0.3 is 0 Å². The third-order valence-electron chi connectivity index (χ3n) is 3.27. The second-order valence-electron chi connectivity index (χ2n) is 5.19. The highest BCUT2D eigenvalue weighted by Gasteiger charge is 2.30.